The highest BCUT2D eigenvalue weighted by molar-refractivity contribution is 5.20. The van der Waals surface area contributed by atoms with E-state index in [2.05, 4.69) is 19.1 Å². The largest absolute Gasteiger partial charge is 0.393 e. The molecule has 1 heteroatoms. The second kappa shape index (κ2) is 4.27. The molecule has 0 heterocycles. The Hall–Kier alpha value is -0.820. The van der Waals surface area contributed by atoms with Crippen molar-refractivity contribution in [3.63, 3.8) is 0 Å². The van der Waals surface area contributed by atoms with Gasteiger partial charge in [-0.05, 0) is 18.9 Å². The molecule has 0 aliphatic carbocycles. The molecule has 0 saturated carbocycles. The fourth-order valence-corrected chi connectivity index (χ4v) is 1.56. The molecule has 0 radical (unpaired) electrons. The zero-order chi connectivity index (χ0) is 8.97. The van der Waals surface area contributed by atoms with E-state index in [-0.39, 0.29) is 12.0 Å². The smallest absolute Gasteiger partial charge is 0.0580 e. The van der Waals surface area contributed by atoms with E-state index in [1.54, 1.807) is 0 Å². The van der Waals surface area contributed by atoms with Gasteiger partial charge in [0.1, 0.15) is 0 Å². The molecule has 0 amide bonds. The van der Waals surface area contributed by atoms with Crippen LogP contribution in [-0.4, -0.2) is 11.2 Å². The maximum absolute atomic E-state index is 9.47. The van der Waals surface area contributed by atoms with Gasteiger partial charge in [0, 0.05) is 5.92 Å². The van der Waals surface area contributed by atoms with Crippen molar-refractivity contribution in [2.24, 2.45) is 0 Å². The van der Waals surface area contributed by atoms with E-state index in [9.17, 15) is 5.11 Å². The highest BCUT2D eigenvalue weighted by atomic mass is 16.3. The van der Waals surface area contributed by atoms with Gasteiger partial charge >= 0.3 is 0 Å². The van der Waals surface area contributed by atoms with Crippen molar-refractivity contribution in [1.29, 1.82) is 0 Å². The van der Waals surface area contributed by atoms with Crippen LogP contribution in [0.5, 0.6) is 0 Å². The lowest BCUT2D eigenvalue weighted by Gasteiger charge is -2.17. The van der Waals surface area contributed by atoms with Crippen molar-refractivity contribution in [3.05, 3.63) is 35.9 Å². The number of hydrogen-bond donors (Lipinski definition) is 1. The fraction of sp³-hybridized carbons (Fsp3) is 0.455. The van der Waals surface area contributed by atoms with E-state index < -0.39 is 0 Å². The maximum atomic E-state index is 9.47. The quantitative estimate of drug-likeness (QED) is 0.728. The molecule has 0 aliphatic heterocycles. The highest BCUT2D eigenvalue weighted by Crippen LogP contribution is 2.22. The van der Waals surface area contributed by atoms with Crippen molar-refractivity contribution < 1.29 is 5.11 Å². The van der Waals surface area contributed by atoms with Crippen LogP contribution in [0.4, 0.5) is 0 Å². The predicted molar refractivity (Wildman–Crippen MR) is 51.2 cm³/mol. The van der Waals surface area contributed by atoms with Gasteiger partial charge in [0.05, 0.1) is 6.10 Å². The summed E-state index contributed by atoms with van der Waals surface area (Å²) >= 11 is 0. The summed E-state index contributed by atoms with van der Waals surface area (Å²) in [6, 6.07) is 10.2. The Balaban J connectivity index is 2.80. The monoisotopic (exact) mass is 164 g/mol. The van der Waals surface area contributed by atoms with Crippen molar-refractivity contribution in [1.82, 2.24) is 0 Å². The summed E-state index contributed by atoms with van der Waals surface area (Å²) in [5, 5.41) is 9.47. The Kier molecular flexibility index (Phi) is 3.30. The third-order valence-electron chi connectivity index (χ3n) is 2.25. The fourth-order valence-electron chi connectivity index (χ4n) is 1.56. The van der Waals surface area contributed by atoms with Crippen LogP contribution in [0.2, 0.25) is 0 Å². The molecule has 1 rings (SSSR count). The van der Waals surface area contributed by atoms with E-state index in [0.29, 0.717) is 0 Å². The Labute approximate surface area is 74.1 Å². The lowest BCUT2D eigenvalue weighted by molar-refractivity contribution is 0.160. The average Bonchev–Trinajstić information content (AvgIpc) is 2.07. The van der Waals surface area contributed by atoms with Crippen LogP contribution in [0.25, 0.3) is 0 Å². The van der Waals surface area contributed by atoms with E-state index >= 15 is 0 Å². The molecule has 1 N–H and O–H groups in total. The summed E-state index contributed by atoms with van der Waals surface area (Å²) in [7, 11) is 0. The van der Waals surface area contributed by atoms with Gasteiger partial charge in [-0.1, -0.05) is 37.3 Å². The minimum absolute atomic E-state index is 0.252. The number of aliphatic hydroxyl groups is 1. The Morgan fingerprint density at radius 2 is 1.83 bits per heavy atom. The molecule has 1 nitrogen and oxygen atoms in total. The molecule has 0 aliphatic rings. The van der Waals surface area contributed by atoms with Crippen LogP contribution in [0.1, 0.15) is 31.7 Å². The molecule has 0 bridgehead atoms. The van der Waals surface area contributed by atoms with Crippen molar-refractivity contribution in [2.45, 2.75) is 32.3 Å². The summed E-state index contributed by atoms with van der Waals surface area (Å²) in [5.74, 6) is 0.284. The highest BCUT2D eigenvalue weighted by Gasteiger charge is 2.13. The lowest BCUT2D eigenvalue weighted by atomic mass is 9.92. The van der Waals surface area contributed by atoms with Crippen LogP contribution in [0.3, 0.4) is 0 Å². The molecule has 1 aromatic rings. The SMILES string of the molecule is CC[C@@H](c1ccccc1)[C@H](C)O. The first-order chi connectivity index (χ1) is 5.75. The molecule has 12 heavy (non-hydrogen) atoms. The topological polar surface area (TPSA) is 20.2 Å². The lowest BCUT2D eigenvalue weighted by Crippen LogP contribution is -2.13. The minimum Gasteiger partial charge on any atom is -0.393 e. The molecular formula is C11H16O. The third-order valence-corrected chi connectivity index (χ3v) is 2.25. The Morgan fingerprint density at radius 3 is 2.25 bits per heavy atom. The van der Waals surface area contributed by atoms with Gasteiger partial charge in [0.25, 0.3) is 0 Å². The second-order valence-corrected chi connectivity index (χ2v) is 3.17. The zero-order valence-electron chi connectivity index (χ0n) is 7.70. The van der Waals surface area contributed by atoms with Crippen LogP contribution >= 0.6 is 0 Å². The Bertz CT molecular complexity index is 216. The maximum Gasteiger partial charge on any atom is 0.0580 e. The van der Waals surface area contributed by atoms with Crippen LogP contribution in [0.15, 0.2) is 30.3 Å². The van der Waals surface area contributed by atoms with Gasteiger partial charge in [-0.2, -0.15) is 0 Å². The molecule has 0 spiro atoms. The van der Waals surface area contributed by atoms with Gasteiger partial charge in [0.2, 0.25) is 0 Å². The van der Waals surface area contributed by atoms with E-state index in [1.807, 2.05) is 25.1 Å². The molecule has 0 unspecified atom stereocenters. The molecular weight excluding hydrogens is 148 g/mol. The van der Waals surface area contributed by atoms with Crippen LogP contribution in [-0.2, 0) is 0 Å². The summed E-state index contributed by atoms with van der Waals surface area (Å²) < 4.78 is 0. The molecule has 0 aromatic heterocycles. The predicted octanol–water partition coefficient (Wildman–Crippen LogP) is 2.56. The second-order valence-electron chi connectivity index (χ2n) is 3.17. The first kappa shape index (κ1) is 9.27. The average molecular weight is 164 g/mol. The number of benzene rings is 1. The zero-order valence-corrected chi connectivity index (χ0v) is 7.70. The Morgan fingerprint density at radius 1 is 1.25 bits per heavy atom. The first-order valence-corrected chi connectivity index (χ1v) is 4.48. The van der Waals surface area contributed by atoms with E-state index in [1.165, 1.54) is 5.56 Å². The molecule has 1 aromatic carbocycles. The summed E-state index contributed by atoms with van der Waals surface area (Å²) in [6.45, 7) is 3.95. The van der Waals surface area contributed by atoms with Gasteiger partial charge in [-0.25, -0.2) is 0 Å². The third kappa shape index (κ3) is 2.08. The standard InChI is InChI=1S/C11H16O/c1-3-11(9(2)12)10-7-5-4-6-8-10/h4-9,11-12H,3H2,1-2H3/t9-,11+/m0/s1. The number of rotatable bonds is 3. The summed E-state index contributed by atoms with van der Waals surface area (Å²) in [6.07, 6.45) is 0.735. The summed E-state index contributed by atoms with van der Waals surface area (Å²) in [4.78, 5) is 0. The van der Waals surface area contributed by atoms with Crippen molar-refractivity contribution in [2.75, 3.05) is 0 Å². The van der Waals surface area contributed by atoms with Crippen molar-refractivity contribution in [3.8, 4) is 0 Å². The van der Waals surface area contributed by atoms with Crippen LogP contribution < -0.4 is 0 Å². The van der Waals surface area contributed by atoms with Crippen LogP contribution in [0, 0.1) is 0 Å². The summed E-state index contributed by atoms with van der Waals surface area (Å²) in [5.41, 5.74) is 1.23. The molecule has 2 atom stereocenters. The molecule has 0 saturated heterocycles. The van der Waals surface area contributed by atoms with Gasteiger partial charge in [-0.3, -0.25) is 0 Å². The number of hydrogen-bond acceptors (Lipinski definition) is 1. The molecule has 0 fully saturated rings. The van der Waals surface area contributed by atoms with Crippen molar-refractivity contribution >= 4 is 0 Å². The van der Waals surface area contributed by atoms with Gasteiger partial charge < -0.3 is 5.11 Å². The van der Waals surface area contributed by atoms with Gasteiger partial charge in [0.15, 0.2) is 0 Å². The number of aliphatic hydroxyl groups excluding tert-OH is 1. The minimum atomic E-state index is -0.252. The van der Waals surface area contributed by atoms with E-state index in [0.717, 1.165) is 6.42 Å². The normalized spacial score (nSPS) is 15.6. The van der Waals surface area contributed by atoms with E-state index in [4.69, 9.17) is 0 Å². The van der Waals surface area contributed by atoms with Gasteiger partial charge in [-0.15, -0.1) is 0 Å². The first-order valence-electron chi connectivity index (χ1n) is 4.48. The molecule has 66 valence electrons.